The van der Waals surface area contributed by atoms with Gasteiger partial charge in [0, 0.05) is 18.7 Å². The predicted molar refractivity (Wildman–Crippen MR) is 59.9 cm³/mol. The first kappa shape index (κ1) is 10.7. The lowest BCUT2D eigenvalue weighted by atomic mass is 10.4. The number of hydrogen-bond donors (Lipinski definition) is 0. The van der Waals surface area contributed by atoms with E-state index < -0.39 is 9.05 Å². The zero-order chi connectivity index (χ0) is 9.35. The van der Waals surface area contributed by atoms with Gasteiger partial charge in [0.1, 0.15) is 0 Å². The van der Waals surface area contributed by atoms with Crippen LogP contribution in [-0.2, 0) is 9.05 Å². The van der Waals surface area contributed by atoms with Crippen molar-refractivity contribution in [2.75, 3.05) is 0 Å². The van der Waals surface area contributed by atoms with Crippen molar-refractivity contribution >= 4 is 58.3 Å². The number of hydrogen-bond acceptors (Lipinski definition) is 2. The van der Waals surface area contributed by atoms with Crippen molar-refractivity contribution in [1.82, 2.24) is 0 Å². The van der Waals surface area contributed by atoms with Crippen LogP contribution in [0.3, 0.4) is 0 Å². The van der Waals surface area contributed by atoms with E-state index in [0.717, 1.165) is 0 Å². The second-order valence-electron chi connectivity index (χ2n) is 2.01. The maximum absolute atomic E-state index is 10.9. The third-order valence-electron chi connectivity index (χ3n) is 1.16. The molecule has 0 atom stereocenters. The summed E-state index contributed by atoms with van der Waals surface area (Å²) in [6.45, 7) is 0. The van der Waals surface area contributed by atoms with E-state index in [-0.39, 0.29) is 4.90 Å². The molecule has 0 aliphatic rings. The minimum Gasteiger partial charge on any atom is -0.207 e. The molecular weight excluding hydrogens is 378 g/mol. The Bertz CT molecular complexity index is 404. The van der Waals surface area contributed by atoms with Crippen LogP contribution < -0.4 is 0 Å². The van der Waals surface area contributed by atoms with E-state index in [1.54, 1.807) is 12.1 Å². The average molecular weight is 381 g/mol. The molecule has 1 rings (SSSR count). The summed E-state index contributed by atoms with van der Waals surface area (Å²) >= 11 is 5.08. The van der Waals surface area contributed by atoms with E-state index in [0.29, 0.717) is 8.04 Å². The molecule has 6 heteroatoms. The van der Waals surface area contributed by atoms with Crippen LogP contribution in [0.5, 0.6) is 0 Å². The number of benzene rings is 1. The van der Waals surface area contributed by atoms with Crippen LogP contribution in [-0.4, -0.2) is 8.42 Å². The normalized spacial score (nSPS) is 11.6. The molecule has 1 aromatic carbocycles. The third kappa shape index (κ3) is 2.58. The standard InChI is InChI=1S/C6H3BrClIO2S/c7-4-1-2-5(9)6(3-4)12(8,10)11/h1-3H. The fourth-order valence-corrected chi connectivity index (χ4v) is 3.72. The lowest BCUT2D eigenvalue weighted by Gasteiger charge is -1.99. The van der Waals surface area contributed by atoms with Gasteiger partial charge in [-0.1, -0.05) is 15.9 Å². The highest BCUT2D eigenvalue weighted by molar-refractivity contribution is 14.1. The quantitative estimate of drug-likeness (QED) is 0.554. The van der Waals surface area contributed by atoms with Gasteiger partial charge in [0.25, 0.3) is 9.05 Å². The van der Waals surface area contributed by atoms with Gasteiger partial charge in [-0.3, -0.25) is 0 Å². The molecule has 0 amide bonds. The molecule has 2 nitrogen and oxygen atoms in total. The van der Waals surface area contributed by atoms with E-state index in [4.69, 9.17) is 10.7 Å². The molecule has 0 aliphatic carbocycles. The van der Waals surface area contributed by atoms with Crippen LogP contribution >= 0.6 is 49.2 Å². The zero-order valence-electron chi connectivity index (χ0n) is 5.59. The maximum atomic E-state index is 10.9. The summed E-state index contributed by atoms with van der Waals surface area (Å²) in [5, 5.41) is 0. The van der Waals surface area contributed by atoms with E-state index in [1.165, 1.54) is 6.07 Å². The lowest BCUT2D eigenvalue weighted by Crippen LogP contribution is -1.93. The predicted octanol–water partition coefficient (Wildman–Crippen LogP) is 2.98. The lowest BCUT2D eigenvalue weighted by molar-refractivity contribution is 0.609. The Kier molecular flexibility index (Phi) is 3.41. The Balaban J connectivity index is 3.43. The van der Waals surface area contributed by atoms with Gasteiger partial charge in [0.2, 0.25) is 0 Å². The highest BCUT2D eigenvalue weighted by Gasteiger charge is 2.13. The first-order valence-electron chi connectivity index (χ1n) is 2.81. The van der Waals surface area contributed by atoms with Gasteiger partial charge in [0.15, 0.2) is 0 Å². The van der Waals surface area contributed by atoms with Gasteiger partial charge in [0.05, 0.1) is 4.90 Å². The minimum atomic E-state index is -3.62. The smallest absolute Gasteiger partial charge is 0.207 e. The van der Waals surface area contributed by atoms with E-state index in [2.05, 4.69) is 15.9 Å². The molecule has 0 radical (unpaired) electrons. The van der Waals surface area contributed by atoms with Crippen molar-refractivity contribution < 1.29 is 8.42 Å². The molecule has 0 spiro atoms. The molecule has 0 aliphatic heterocycles. The van der Waals surface area contributed by atoms with Crippen LogP contribution in [0.25, 0.3) is 0 Å². The van der Waals surface area contributed by atoms with Crippen molar-refractivity contribution in [3.63, 3.8) is 0 Å². The van der Waals surface area contributed by atoms with Gasteiger partial charge in [-0.15, -0.1) is 0 Å². The summed E-state index contributed by atoms with van der Waals surface area (Å²) in [6.07, 6.45) is 0. The second kappa shape index (κ2) is 3.81. The SMILES string of the molecule is O=S(=O)(Cl)c1cc(Br)ccc1I. The highest BCUT2D eigenvalue weighted by atomic mass is 127. The Morgan fingerprint density at radius 2 is 2.00 bits per heavy atom. The second-order valence-corrected chi connectivity index (χ2v) is 6.62. The van der Waals surface area contributed by atoms with E-state index >= 15 is 0 Å². The minimum absolute atomic E-state index is 0.138. The molecule has 0 unspecified atom stereocenters. The summed E-state index contributed by atoms with van der Waals surface area (Å²) in [4.78, 5) is 0.138. The molecule has 0 fully saturated rings. The molecule has 0 aromatic heterocycles. The summed E-state index contributed by atoms with van der Waals surface area (Å²) in [7, 11) is 1.56. The van der Waals surface area contributed by atoms with Crippen LogP contribution in [0.2, 0.25) is 0 Å². The molecular formula is C6H3BrClIO2S. The van der Waals surface area contributed by atoms with Gasteiger partial charge >= 0.3 is 0 Å². The zero-order valence-corrected chi connectivity index (χ0v) is 10.9. The van der Waals surface area contributed by atoms with E-state index in [9.17, 15) is 8.42 Å². The Morgan fingerprint density at radius 3 is 2.42 bits per heavy atom. The molecule has 12 heavy (non-hydrogen) atoms. The fraction of sp³-hybridized carbons (Fsp3) is 0. The van der Waals surface area contributed by atoms with Gasteiger partial charge in [-0.2, -0.15) is 0 Å². The van der Waals surface area contributed by atoms with Crippen molar-refractivity contribution in [2.24, 2.45) is 0 Å². The topological polar surface area (TPSA) is 34.1 Å². The molecule has 0 heterocycles. The van der Waals surface area contributed by atoms with Crippen LogP contribution in [0.1, 0.15) is 0 Å². The Labute approximate surface area is 97.0 Å². The maximum Gasteiger partial charge on any atom is 0.262 e. The van der Waals surface area contributed by atoms with Crippen molar-refractivity contribution in [1.29, 1.82) is 0 Å². The van der Waals surface area contributed by atoms with Crippen LogP contribution in [0.15, 0.2) is 27.6 Å². The van der Waals surface area contributed by atoms with Crippen LogP contribution in [0.4, 0.5) is 0 Å². The highest BCUT2D eigenvalue weighted by Crippen LogP contribution is 2.25. The summed E-state index contributed by atoms with van der Waals surface area (Å²) < 4.78 is 23.2. The number of halogens is 3. The van der Waals surface area contributed by atoms with Crippen molar-refractivity contribution in [3.05, 3.63) is 26.2 Å². The molecule has 0 saturated carbocycles. The number of rotatable bonds is 1. The molecule has 1 aromatic rings. The average Bonchev–Trinajstić information content (AvgIpc) is 1.92. The third-order valence-corrected chi connectivity index (χ3v) is 4.32. The first-order chi connectivity index (χ1) is 5.41. The van der Waals surface area contributed by atoms with Crippen molar-refractivity contribution in [3.8, 4) is 0 Å². The van der Waals surface area contributed by atoms with Gasteiger partial charge in [-0.25, -0.2) is 8.42 Å². The monoisotopic (exact) mass is 380 g/mol. The molecule has 0 bridgehead atoms. The summed E-state index contributed by atoms with van der Waals surface area (Å²) in [5.74, 6) is 0. The van der Waals surface area contributed by atoms with Gasteiger partial charge < -0.3 is 0 Å². The van der Waals surface area contributed by atoms with Crippen molar-refractivity contribution in [2.45, 2.75) is 4.90 Å². The largest absolute Gasteiger partial charge is 0.262 e. The Hall–Kier alpha value is 0.670. The van der Waals surface area contributed by atoms with Crippen LogP contribution in [0, 0.1) is 3.57 Å². The molecule has 0 saturated heterocycles. The summed E-state index contributed by atoms with van der Waals surface area (Å²) in [6, 6.07) is 4.91. The van der Waals surface area contributed by atoms with E-state index in [1.807, 2.05) is 22.6 Å². The molecule has 66 valence electrons. The Morgan fingerprint density at radius 1 is 1.42 bits per heavy atom. The molecule has 0 N–H and O–H groups in total. The first-order valence-corrected chi connectivity index (χ1v) is 6.99. The fourth-order valence-electron chi connectivity index (χ4n) is 0.664. The summed E-state index contributed by atoms with van der Waals surface area (Å²) in [5.41, 5.74) is 0. The van der Waals surface area contributed by atoms with Gasteiger partial charge in [-0.05, 0) is 40.8 Å².